The van der Waals surface area contributed by atoms with Crippen molar-refractivity contribution in [2.24, 2.45) is 0 Å². The summed E-state index contributed by atoms with van der Waals surface area (Å²) in [4.78, 5) is 0. The van der Waals surface area contributed by atoms with Gasteiger partial charge in [-0.15, -0.1) is 0 Å². The SMILES string of the molecule is Oc1ccccc1CCCCCCCCF. The predicted molar refractivity (Wildman–Crippen MR) is 65.5 cm³/mol. The number of phenolic OH excluding ortho intramolecular Hbond substituents is 1. The van der Waals surface area contributed by atoms with E-state index in [2.05, 4.69) is 0 Å². The molecular weight excluding hydrogens is 203 g/mol. The van der Waals surface area contributed by atoms with Crippen molar-refractivity contribution < 1.29 is 9.50 Å². The zero-order valence-corrected chi connectivity index (χ0v) is 9.79. The van der Waals surface area contributed by atoms with Crippen molar-refractivity contribution in [1.29, 1.82) is 0 Å². The molecule has 0 spiro atoms. The molecule has 0 fully saturated rings. The number of phenols is 1. The molecule has 0 aliphatic carbocycles. The minimum absolute atomic E-state index is 0.183. The van der Waals surface area contributed by atoms with Crippen LogP contribution in [0.3, 0.4) is 0 Å². The molecule has 0 radical (unpaired) electrons. The molecule has 0 aromatic heterocycles. The first-order valence-electron chi connectivity index (χ1n) is 6.17. The van der Waals surface area contributed by atoms with Gasteiger partial charge in [0.15, 0.2) is 0 Å². The number of unbranched alkanes of at least 4 members (excludes halogenated alkanes) is 5. The van der Waals surface area contributed by atoms with Crippen LogP contribution >= 0.6 is 0 Å². The van der Waals surface area contributed by atoms with Gasteiger partial charge in [-0.05, 0) is 30.9 Å². The molecule has 0 bridgehead atoms. The number of hydrogen-bond donors (Lipinski definition) is 1. The van der Waals surface area contributed by atoms with Gasteiger partial charge >= 0.3 is 0 Å². The van der Waals surface area contributed by atoms with Gasteiger partial charge in [-0.3, -0.25) is 4.39 Å². The van der Waals surface area contributed by atoms with Gasteiger partial charge in [-0.25, -0.2) is 0 Å². The Kier molecular flexibility index (Phi) is 6.62. The van der Waals surface area contributed by atoms with E-state index in [1.807, 2.05) is 18.2 Å². The fourth-order valence-corrected chi connectivity index (χ4v) is 1.84. The van der Waals surface area contributed by atoms with E-state index in [4.69, 9.17) is 0 Å². The molecule has 16 heavy (non-hydrogen) atoms. The van der Waals surface area contributed by atoms with Crippen LogP contribution in [-0.2, 0) is 6.42 Å². The van der Waals surface area contributed by atoms with Crippen molar-refractivity contribution in [3.05, 3.63) is 29.8 Å². The van der Waals surface area contributed by atoms with Crippen molar-refractivity contribution in [2.75, 3.05) is 6.67 Å². The number of aryl methyl sites for hydroxylation is 1. The lowest BCUT2D eigenvalue weighted by atomic mass is 10.0. The summed E-state index contributed by atoms with van der Waals surface area (Å²) in [6.07, 6.45) is 7.23. The number of alkyl halides is 1. The van der Waals surface area contributed by atoms with Crippen molar-refractivity contribution >= 4 is 0 Å². The maximum absolute atomic E-state index is 11.8. The zero-order valence-electron chi connectivity index (χ0n) is 9.79. The van der Waals surface area contributed by atoms with Gasteiger partial charge in [0.05, 0.1) is 6.67 Å². The summed E-state index contributed by atoms with van der Waals surface area (Å²) in [6.45, 7) is -0.183. The van der Waals surface area contributed by atoms with Crippen molar-refractivity contribution in [3.63, 3.8) is 0 Å². The molecule has 1 aromatic rings. The van der Waals surface area contributed by atoms with Crippen LogP contribution in [0.5, 0.6) is 5.75 Å². The predicted octanol–water partition coefficient (Wildman–Crippen LogP) is 4.24. The highest BCUT2D eigenvalue weighted by molar-refractivity contribution is 5.31. The van der Waals surface area contributed by atoms with Crippen molar-refractivity contribution in [2.45, 2.75) is 44.9 Å². The molecule has 1 nitrogen and oxygen atoms in total. The lowest BCUT2D eigenvalue weighted by Crippen LogP contribution is -1.87. The third-order valence-electron chi connectivity index (χ3n) is 2.82. The Morgan fingerprint density at radius 3 is 2.19 bits per heavy atom. The molecule has 0 saturated carbocycles. The number of hydrogen-bond acceptors (Lipinski definition) is 1. The molecule has 1 rings (SSSR count). The Morgan fingerprint density at radius 1 is 0.875 bits per heavy atom. The van der Waals surface area contributed by atoms with Gasteiger partial charge in [0.1, 0.15) is 5.75 Å². The lowest BCUT2D eigenvalue weighted by molar-refractivity contribution is 0.449. The molecule has 90 valence electrons. The monoisotopic (exact) mass is 224 g/mol. The molecule has 0 heterocycles. The molecule has 0 unspecified atom stereocenters. The lowest BCUT2D eigenvalue weighted by Gasteiger charge is -2.04. The topological polar surface area (TPSA) is 20.2 Å². The van der Waals surface area contributed by atoms with Crippen LogP contribution in [0, 0.1) is 0 Å². The van der Waals surface area contributed by atoms with Gasteiger partial charge in [-0.2, -0.15) is 0 Å². The molecule has 0 saturated heterocycles. The third kappa shape index (κ3) is 5.15. The number of para-hydroxylation sites is 1. The second-order valence-electron chi connectivity index (χ2n) is 4.19. The molecule has 1 N–H and O–H groups in total. The first-order valence-corrected chi connectivity index (χ1v) is 6.17. The summed E-state index contributed by atoms with van der Waals surface area (Å²) in [5.41, 5.74) is 1.03. The minimum Gasteiger partial charge on any atom is -0.508 e. The third-order valence-corrected chi connectivity index (χ3v) is 2.82. The molecule has 1 aromatic carbocycles. The first kappa shape index (κ1) is 13.0. The summed E-state index contributed by atoms with van der Waals surface area (Å²) in [5.74, 6) is 0.403. The molecule has 0 aliphatic heterocycles. The van der Waals surface area contributed by atoms with Gasteiger partial charge in [0.25, 0.3) is 0 Å². The standard InChI is InChI=1S/C14H21FO/c15-12-8-4-2-1-3-5-9-13-10-6-7-11-14(13)16/h6-7,10-11,16H,1-5,8-9,12H2. The van der Waals surface area contributed by atoms with Gasteiger partial charge < -0.3 is 5.11 Å². The normalized spacial score (nSPS) is 10.6. The summed E-state index contributed by atoms with van der Waals surface area (Å²) in [5, 5.41) is 9.54. The maximum Gasteiger partial charge on any atom is 0.118 e. The average molecular weight is 224 g/mol. The van der Waals surface area contributed by atoms with E-state index >= 15 is 0 Å². The molecule has 0 aliphatic rings. The Hall–Kier alpha value is -1.05. The van der Waals surface area contributed by atoms with Crippen LogP contribution < -0.4 is 0 Å². The molecule has 0 amide bonds. The van der Waals surface area contributed by atoms with E-state index < -0.39 is 0 Å². The van der Waals surface area contributed by atoms with Crippen LogP contribution in [0.15, 0.2) is 24.3 Å². The van der Waals surface area contributed by atoms with E-state index in [-0.39, 0.29) is 6.67 Å². The van der Waals surface area contributed by atoms with E-state index in [9.17, 15) is 9.50 Å². The van der Waals surface area contributed by atoms with Gasteiger partial charge in [0, 0.05) is 0 Å². The average Bonchev–Trinajstić information content (AvgIpc) is 2.30. The Bertz CT molecular complexity index is 286. The molecular formula is C14H21FO. The highest BCUT2D eigenvalue weighted by atomic mass is 19.1. The number of aromatic hydroxyl groups is 1. The second-order valence-corrected chi connectivity index (χ2v) is 4.19. The van der Waals surface area contributed by atoms with Gasteiger partial charge in [0.2, 0.25) is 0 Å². The van der Waals surface area contributed by atoms with E-state index in [1.54, 1.807) is 6.07 Å². The quantitative estimate of drug-likeness (QED) is 0.655. The van der Waals surface area contributed by atoms with Crippen LogP contribution in [0.1, 0.15) is 44.1 Å². The maximum atomic E-state index is 11.8. The first-order chi connectivity index (χ1) is 7.84. The van der Waals surface area contributed by atoms with E-state index in [1.165, 1.54) is 12.8 Å². The number of rotatable bonds is 8. The van der Waals surface area contributed by atoms with Crippen LogP contribution in [-0.4, -0.2) is 11.8 Å². The molecule has 0 atom stereocenters. The summed E-state index contributed by atoms with van der Waals surface area (Å²) in [6, 6.07) is 7.50. The van der Waals surface area contributed by atoms with Crippen LogP contribution in [0.25, 0.3) is 0 Å². The fraction of sp³-hybridized carbons (Fsp3) is 0.571. The highest BCUT2D eigenvalue weighted by Gasteiger charge is 1.98. The zero-order chi connectivity index (χ0) is 11.6. The summed E-state index contributed by atoms with van der Waals surface area (Å²) in [7, 11) is 0. The van der Waals surface area contributed by atoms with E-state index in [0.717, 1.165) is 31.2 Å². The Balaban J connectivity index is 2.05. The Labute approximate surface area is 97.3 Å². The van der Waals surface area contributed by atoms with Crippen molar-refractivity contribution in [1.82, 2.24) is 0 Å². The molecule has 2 heteroatoms. The fourth-order valence-electron chi connectivity index (χ4n) is 1.84. The smallest absolute Gasteiger partial charge is 0.118 e. The van der Waals surface area contributed by atoms with Crippen molar-refractivity contribution in [3.8, 4) is 5.75 Å². The number of halogens is 1. The highest BCUT2D eigenvalue weighted by Crippen LogP contribution is 2.18. The minimum atomic E-state index is -0.183. The van der Waals surface area contributed by atoms with Gasteiger partial charge in [-0.1, -0.05) is 43.9 Å². The van der Waals surface area contributed by atoms with E-state index in [0.29, 0.717) is 12.2 Å². The second kappa shape index (κ2) is 8.14. The number of benzene rings is 1. The largest absolute Gasteiger partial charge is 0.508 e. The summed E-state index contributed by atoms with van der Waals surface area (Å²) < 4.78 is 11.8. The Morgan fingerprint density at radius 2 is 1.50 bits per heavy atom. The van der Waals surface area contributed by atoms with Crippen LogP contribution in [0.4, 0.5) is 4.39 Å². The van der Waals surface area contributed by atoms with Crippen LogP contribution in [0.2, 0.25) is 0 Å². The summed E-state index contributed by atoms with van der Waals surface area (Å²) >= 11 is 0.